The third-order valence-corrected chi connectivity index (χ3v) is 4.92. The highest BCUT2D eigenvalue weighted by Crippen LogP contribution is 2.32. The van der Waals surface area contributed by atoms with Gasteiger partial charge in [0, 0.05) is 10.4 Å². The van der Waals surface area contributed by atoms with E-state index in [1.54, 1.807) is 18.2 Å². The molecule has 0 aliphatic carbocycles. The van der Waals surface area contributed by atoms with Crippen LogP contribution in [0, 0.1) is 25.2 Å². The molecule has 0 fully saturated rings. The van der Waals surface area contributed by atoms with Crippen LogP contribution < -0.4 is 5.32 Å². The molecule has 3 rings (SSSR count). The molecule has 21 heavy (non-hydrogen) atoms. The Bertz CT molecular complexity index is 888. The van der Waals surface area contributed by atoms with Gasteiger partial charge in [-0.05, 0) is 37.6 Å². The summed E-state index contributed by atoms with van der Waals surface area (Å²) in [7, 11) is 0. The summed E-state index contributed by atoms with van der Waals surface area (Å²) < 4.78 is 8.22. The fourth-order valence-corrected chi connectivity index (χ4v) is 3.47. The van der Waals surface area contributed by atoms with Gasteiger partial charge in [-0.15, -0.1) is 11.3 Å². The number of aromatic nitrogens is 2. The molecule has 104 valence electrons. The summed E-state index contributed by atoms with van der Waals surface area (Å²) in [6.07, 6.45) is 0. The van der Waals surface area contributed by atoms with E-state index in [0.717, 1.165) is 27.7 Å². The number of benzene rings is 1. The maximum absolute atomic E-state index is 12.3. The molecular formula is C14H10N4OS2. The smallest absolute Gasteiger partial charge is 0.256 e. The SMILES string of the molecule is Cc1sc(NC(=O)c2ccc3nsnc3c2)c(C#N)c1C. The zero-order chi connectivity index (χ0) is 15.0. The average molecular weight is 314 g/mol. The Morgan fingerprint density at radius 2 is 2.05 bits per heavy atom. The Morgan fingerprint density at radius 3 is 2.81 bits per heavy atom. The standard InChI is InChI=1S/C14H10N4OS2/c1-7-8(2)20-14(10(7)6-15)16-13(19)9-3-4-11-12(5-9)18-21-17-11/h3-5H,1-2H3,(H,16,19). The molecule has 0 aliphatic rings. The molecule has 1 N–H and O–H groups in total. The van der Waals surface area contributed by atoms with Crippen LogP contribution in [0.25, 0.3) is 11.0 Å². The highest BCUT2D eigenvalue weighted by Gasteiger charge is 2.16. The van der Waals surface area contributed by atoms with Gasteiger partial charge in [0.25, 0.3) is 5.91 Å². The number of thiophene rings is 1. The summed E-state index contributed by atoms with van der Waals surface area (Å²) in [6, 6.07) is 7.32. The average Bonchev–Trinajstić information content (AvgIpc) is 3.03. The van der Waals surface area contributed by atoms with Crippen molar-refractivity contribution in [2.24, 2.45) is 0 Å². The number of carbonyl (C=O) groups is 1. The number of aryl methyl sites for hydroxylation is 1. The van der Waals surface area contributed by atoms with Gasteiger partial charge in [0.05, 0.1) is 17.3 Å². The van der Waals surface area contributed by atoms with E-state index in [9.17, 15) is 10.1 Å². The fraction of sp³-hybridized carbons (Fsp3) is 0.143. The van der Waals surface area contributed by atoms with Crippen LogP contribution in [-0.4, -0.2) is 14.7 Å². The predicted molar refractivity (Wildman–Crippen MR) is 83.9 cm³/mol. The first-order valence-electron chi connectivity index (χ1n) is 6.14. The molecule has 0 atom stereocenters. The number of rotatable bonds is 2. The second-order valence-corrected chi connectivity index (χ2v) is 6.27. The Hall–Kier alpha value is -2.30. The van der Waals surface area contributed by atoms with Gasteiger partial charge in [-0.25, -0.2) is 0 Å². The minimum absolute atomic E-state index is 0.248. The predicted octanol–water partition coefficient (Wildman–Crippen LogP) is 3.49. The van der Waals surface area contributed by atoms with Gasteiger partial charge >= 0.3 is 0 Å². The zero-order valence-corrected chi connectivity index (χ0v) is 12.9. The number of fused-ring (bicyclic) bond motifs is 1. The Labute approximate surface area is 129 Å². The van der Waals surface area contributed by atoms with Crippen molar-refractivity contribution in [1.29, 1.82) is 5.26 Å². The Morgan fingerprint density at radius 1 is 1.29 bits per heavy atom. The van der Waals surface area contributed by atoms with Crippen LogP contribution in [0.15, 0.2) is 18.2 Å². The first-order chi connectivity index (χ1) is 10.1. The van der Waals surface area contributed by atoms with Gasteiger partial charge in [0.15, 0.2) is 0 Å². The van der Waals surface area contributed by atoms with E-state index in [4.69, 9.17) is 0 Å². The van der Waals surface area contributed by atoms with Gasteiger partial charge in [0.2, 0.25) is 0 Å². The topological polar surface area (TPSA) is 78.7 Å². The van der Waals surface area contributed by atoms with Crippen molar-refractivity contribution in [2.45, 2.75) is 13.8 Å². The summed E-state index contributed by atoms with van der Waals surface area (Å²) >= 11 is 2.53. The van der Waals surface area contributed by atoms with Crippen LogP contribution in [0.5, 0.6) is 0 Å². The lowest BCUT2D eigenvalue weighted by Crippen LogP contribution is -2.11. The minimum Gasteiger partial charge on any atom is -0.312 e. The van der Waals surface area contributed by atoms with E-state index < -0.39 is 0 Å². The number of carbonyl (C=O) groups excluding carboxylic acids is 1. The highest BCUT2D eigenvalue weighted by atomic mass is 32.1. The minimum atomic E-state index is -0.248. The lowest BCUT2D eigenvalue weighted by Gasteiger charge is -2.03. The Balaban J connectivity index is 1.93. The number of hydrogen-bond acceptors (Lipinski definition) is 6. The van der Waals surface area contributed by atoms with Crippen LogP contribution in [0.3, 0.4) is 0 Å². The normalized spacial score (nSPS) is 10.5. The second-order valence-electron chi connectivity index (χ2n) is 4.52. The summed E-state index contributed by atoms with van der Waals surface area (Å²) in [4.78, 5) is 13.3. The van der Waals surface area contributed by atoms with Crippen LogP contribution in [0.1, 0.15) is 26.4 Å². The van der Waals surface area contributed by atoms with Crippen molar-refractivity contribution in [2.75, 3.05) is 5.32 Å². The molecule has 0 spiro atoms. The van der Waals surface area contributed by atoms with Crippen molar-refractivity contribution in [1.82, 2.24) is 8.75 Å². The molecule has 0 bridgehead atoms. The number of nitrogens with one attached hydrogen (secondary N) is 1. The number of hydrogen-bond donors (Lipinski definition) is 1. The van der Waals surface area contributed by atoms with Crippen molar-refractivity contribution >= 4 is 45.0 Å². The summed E-state index contributed by atoms with van der Waals surface area (Å²) in [5.41, 5.74) is 3.42. The summed E-state index contributed by atoms with van der Waals surface area (Å²) in [5, 5.41) is 12.6. The molecule has 2 aromatic heterocycles. The van der Waals surface area contributed by atoms with Gasteiger partial charge in [0.1, 0.15) is 22.1 Å². The largest absolute Gasteiger partial charge is 0.312 e. The van der Waals surface area contributed by atoms with E-state index in [-0.39, 0.29) is 5.91 Å². The van der Waals surface area contributed by atoms with Crippen molar-refractivity contribution in [3.8, 4) is 6.07 Å². The van der Waals surface area contributed by atoms with Gasteiger partial charge < -0.3 is 5.32 Å². The van der Waals surface area contributed by atoms with E-state index in [1.165, 1.54) is 11.3 Å². The second kappa shape index (κ2) is 5.24. The third-order valence-electron chi connectivity index (χ3n) is 3.24. The first-order valence-corrected chi connectivity index (χ1v) is 7.68. The molecule has 1 amide bonds. The molecule has 0 saturated carbocycles. The van der Waals surface area contributed by atoms with Crippen molar-refractivity contribution in [3.63, 3.8) is 0 Å². The molecule has 3 aromatic rings. The lowest BCUT2D eigenvalue weighted by atomic mass is 10.1. The molecular weight excluding hydrogens is 304 g/mol. The number of nitriles is 1. The maximum atomic E-state index is 12.3. The molecule has 7 heteroatoms. The molecule has 5 nitrogen and oxygen atoms in total. The van der Waals surface area contributed by atoms with Crippen molar-refractivity contribution < 1.29 is 4.79 Å². The van der Waals surface area contributed by atoms with Crippen LogP contribution in [0.4, 0.5) is 5.00 Å². The van der Waals surface area contributed by atoms with E-state index in [0.29, 0.717) is 21.6 Å². The molecule has 0 radical (unpaired) electrons. The Kier molecular flexibility index (Phi) is 3.41. The maximum Gasteiger partial charge on any atom is 0.256 e. The lowest BCUT2D eigenvalue weighted by molar-refractivity contribution is 0.102. The third kappa shape index (κ3) is 2.39. The van der Waals surface area contributed by atoms with Gasteiger partial charge in [-0.1, -0.05) is 0 Å². The van der Waals surface area contributed by atoms with Crippen LogP contribution >= 0.6 is 23.1 Å². The number of nitrogens with zero attached hydrogens (tertiary/aromatic N) is 3. The number of anilines is 1. The summed E-state index contributed by atoms with van der Waals surface area (Å²) in [6.45, 7) is 3.82. The van der Waals surface area contributed by atoms with Crippen LogP contribution in [0.2, 0.25) is 0 Å². The molecule has 2 heterocycles. The van der Waals surface area contributed by atoms with Crippen molar-refractivity contribution in [3.05, 3.63) is 39.8 Å². The van der Waals surface area contributed by atoms with Crippen LogP contribution in [-0.2, 0) is 0 Å². The van der Waals surface area contributed by atoms with E-state index in [2.05, 4.69) is 20.1 Å². The highest BCUT2D eigenvalue weighted by molar-refractivity contribution is 7.16. The van der Waals surface area contributed by atoms with Gasteiger partial charge in [-0.2, -0.15) is 14.0 Å². The fourth-order valence-electron chi connectivity index (χ4n) is 1.95. The monoisotopic (exact) mass is 314 g/mol. The first kappa shape index (κ1) is 13.7. The molecule has 0 saturated heterocycles. The number of amides is 1. The van der Waals surface area contributed by atoms with E-state index >= 15 is 0 Å². The molecule has 0 aliphatic heterocycles. The van der Waals surface area contributed by atoms with E-state index in [1.807, 2.05) is 13.8 Å². The summed E-state index contributed by atoms with van der Waals surface area (Å²) in [5.74, 6) is -0.248. The zero-order valence-electron chi connectivity index (χ0n) is 11.3. The quantitative estimate of drug-likeness (QED) is 0.785. The molecule has 0 unspecified atom stereocenters. The molecule has 1 aromatic carbocycles. The van der Waals surface area contributed by atoms with Gasteiger partial charge in [-0.3, -0.25) is 4.79 Å².